The molecule has 0 amide bonds. The third-order valence-corrected chi connectivity index (χ3v) is 5.73. The fraction of sp³-hybridized carbons (Fsp3) is 0.625. The Morgan fingerprint density at radius 1 is 1.29 bits per heavy atom. The quantitative estimate of drug-likeness (QED) is 0.894. The molecule has 0 unspecified atom stereocenters. The van der Waals surface area contributed by atoms with Crippen LogP contribution in [0.5, 0.6) is 0 Å². The molecule has 5 heteroatoms. The van der Waals surface area contributed by atoms with Gasteiger partial charge in [0.25, 0.3) is 5.89 Å². The van der Waals surface area contributed by atoms with Crippen LogP contribution in [0.1, 0.15) is 62.6 Å². The molecular formula is C16H23N3OS. The van der Waals surface area contributed by atoms with E-state index in [9.17, 15) is 0 Å². The Morgan fingerprint density at radius 2 is 2.05 bits per heavy atom. The fourth-order valence-electron chi connectivity index (χ4n) is 3.14. The van der Waals surface area contributed by atoms with E-state index < -0.39 is 0 Å². The van der Waals surface area contributed by atoms with Crippen molar-refractivity contribution >= 4 is 16.3 Å². The topological polar surface area (TPSA) is 64.9 Å². The van der Waals surface area contributed by atoms with E-state index in [-0.39, 0.29) is 0 Å². The molecule has 2 heterocycles. The molecule has 1 aliphatic carbocycles. The van der Waals surface area contributed by atoms with Crippen molar-refractivity contribution in [3.63, 3.8) is 0 Å². The summed E-state index contributed by atoms with van der Waals surface area (Å²) < 4.78 is 5.46. The third kappa shape index (κ3) is 2.98. The van der Waals surface area contributed by atoms with E-state index in [4.69, 9.17) is 10.3 Å². The number of rotatable bonds is 4. The summed E-state index contributed by atoms with van der Waals surface area (Å²) in [6, 6.07) is 2.07. The first-order valence-corrected chi connectivity index (χ1v) is 8.75. The predicted molar refractivity (Wildman–Crippen MR) is 86.4 cm³/mol. The normalized spacial score (nSPS) is 22.6. The van der Waals surface area contributed by atoms with Crippen molar-refractivity contribution in [2.45, 2.75) is 58.3 Å². The van der Waals surface area contributed by atoms with E-state index in [1.54, 1.807) is 11.3 Å². The Morgan fingerprint density at radius 3 is 2.67 bits per heavy atom. The van der Waals surface area contributed by atoms with Crippen LogP contribution in [0.3, 0.4) is 0 Å². The molecule has 2 aromatic rings. The number of hydrogen-bond acceptors (Lipinski definition) is 5. The smallest absolute Gasteiger partial charge is 0.260 e. The maximum absolute atomic E-state index is 6.06. The average Bonchev–Trinajstić information content (AvgIpc) is 3.13. The summed E-state index contributed by atoms with van der Waals surface area (Å²) in [7, 11) is 0. The molecule has 1 fully saturated rings. The molecule has 4 nitrogen and oxygen atoms in total. The first-order chi connectivity index (χ1) is 10.2. The lowest BCUT2D eigenvalue weighted by Gasteiger charge is -2.25. The number of hydrogen-bond donors (Lipinski definition) is 1. The van der Waals surface area contributed by atoms with Gasteiger partial charge < -0.3 is 10.3 Å². The molecule has 21 heavy (non-hydrogen) atoms. The molecule has 0 spiro atoms. The molecule has 2 N–H and O–H groups in total. The zero-order valence-electron chi connectivity index (χ0n) is 12.8. The standard InChI is InChI=1S/C16H23N3OS/c1-3-10-5-7-11(8-6-10)15-18-16(20-19-15)13-9-12(4-2)21-14(13)17/h9-11H,3-8,17H2,1-2H3. The van der Waals surface area contributed by atoms with Crippen LogP contribution in [0.4, 0.5) is 5.00 Å². The lowest BCUT2D eigenvalue weighted by molar-refractivity contribution is 0.305. The maximum atomic E-state index is 6.06. The highest BCUT2D eigenvalue weighted by atomic mass is 32.1. The van der Waals surface area contributed by atoms with Crippen LogP contribution in [0.25, 0.3) is 11.5 Å². The maximum Gasteiger partial charge on any atom is 0.260 e. The van der Waals surface area contributed by atoms with Gasteiger partial charge in [0, 0.05) is 10.8 Å². The summed E-state index contributed by atoms with van der Waals surface area (Å²) >= 11 is 1.61. The van der Waals surface area contributed by atoms with Crippen molar-refractivity contribution in [1.82, 2.24) is 10.1 Å². The minimum atomic E-state index is 0.454. The number of nitrogen functional groups attached to an aromatic ring is 1. The van der Waals surface area contributed by atoms with Gasteiger partial charge in [-0.05, 0) is 44.1 Å². The summed E-state index contributed by atoms with van der Waals surface area (Å²) in [5.41, 5.74) is 6.96. The molecule has 1 aliphatic rings. The van der Waals surface area contributed by atoms with Crippen molar-refractivity contribution in [2.24, 2.45) is 5.92 Å². The van der Waals surface area contributed by atoms with Crippen LogP contribution in [-0.2, 0) is 6.42 Å². The van der Waals surface area contributed by atoms with Crippen molar-refractivity contribution < 1.29 is 4.52 Å². The monoisotopic (exact) mass is 305 g/mol. The molecule has 0 atom stereocenters. The zero-order valence-corrected chi connectivity index (χ0v) is 13.6. The van der Waals surface area contributed by atoms with Gasteiger partial charge in [-0.15, -0.1) is 11.3 Å². The Kier molecular flexibility index (Phi) is 4.29. The third-order valence-electron chi connectivity index (χ3n) is 4.62. The summed E-state index contributed by atoms with van der Waals surface area (Å²) in [6.45, 7) is 4.41. The van der Waals surface area contributed by atoms with Crippen LogP contribution in [0.2, 0.25) is 0 Å². The van der Waals surface area contributed by atoms with Gasteiger partial charge in [0.1, 0.15) is 0 Å². The van der Waals surface area contributed by atoms with Gasteiger partial charge in [-0.25, -0.2) is 0 Å². The summed E-state index contributed by atoms with van der Waals surface area (Å²) in [6.07, 6.45) is 7.19. The Balaban J connectivity index is 1.75. The second kappa shape index (κ2) is 6.18. The average molecular weight is 305 g/mol. The molecule has 0 bridgehead atoms. The highest BCUT2D eigenvalue weighted by Gasteiger charge is 2.26. The molecule has 1 saturated carbocycles. The number of aryl methyl sites for hydroxylation is 1. The molecule has 0 radical (unpaired) electrons. The number of nitrogens with two attached hydrogens (primary N) is 1. The van der Waals surface area contributed by atoms with Gasteiger partial charge in [0.2, 0.25) is 0 Å². The summed E-state index contributed by atoms with van der Waals surface area (Å²) in [5, 5.41) is 4.98. The molecule has 3 rings (SSSR count). The van der Waals surface area contributed by atoms with Crippen LogP contribution in [0.15, 0.2) is 10.6 Å². The van der Waals surface area contributed by atoms with Crippen LogP contribution >= 0.6 is 11.3 Å². The minimum absolute atomic E-state index is 0.454. The highest BCUT2D eigenvalue weighted by molar-refractivity contribution is 7.16. The molecular weight excluding hydrogens is 282 g/mol. The Bertz CT molecular complexity index is 596. The summed E-state index contributed by atoms with van der Waals surface area (Å²) in [5.74, 6) is 2.78. The van der Waals surface area contributed by atoms with Crippen molar-refractivity contribution in [2.75, 3.05) is 5.73 Å². The van der Waals surface area contributed by atoms with Gasteiger partial charge in [-0.2, -0.15) is 4.98 Å². The number of thiophene rings is 1. The number of anilines is 1. The van der Waals surface area contributed by atoms with Gasteiger partial charge in [-0.3, -0.25) is 0 Å². The van der Waals surface area contributed by atoms with E-state index in [2.05, 4.69) is 30.1 Å². The predicted octanol–water partition coefficient (Wildman–Crippen LogP) is 4.63. The number of nitrogens with zero attached hydrogens (tertiary/aromatic N) is 2. The summed E-state index contributed by atoms with van der Waals surface area (Å²) in [4.78, 5) is 5.87. The van der Waals surface area contributed by atoms with Crippen LogP contribution in [0, 0.1) is 5.92 Å². The van der Waals surface area contributed by atoms with Gasteiger partial charge in [-0.1, -0.05) is 25.4 Å². The molecule has 0 aliphatic heterocycles. The number of aromatic nitrogens is 2. The lowest BCUT2D eigenvalue weighted by Crippen LogP contribution is -2.13. The Hall–Kier alpha value is -1.36. The minimum Gasteiger partial charge on any atom is -0.390 e. The molecule has 0 saturated heterocycles. The zero-order chi connectivity index (χ0) is 14.8. The molecule has 114 valence electrons. The highest BCUT2D eigenvalue weighted by Crippen LogP contribution is 2.38. The lowest BCUT2D eigenvalue weighted by atomic mass is 9.80. The SMILES string of the molecule is CCc1cc(-c2nc(C3CCC(CC)CC3)no2)c(N)s1. The van der Waals surface area contributed by atoms with Crippen molar-refractivity contribution in [3.8, 4) is 11.5 Å². The first kappa shape index (κ1) is 14.6. The van der Waals surface area contributed by atoms with E-state index in [1.165, 1.54) is 37.0 Å². The fourth-order valence-corrected chi connectivity index (χ4v) is 4.00. The van der Waals surface area contributed by atoms with Gasteiger partial charge >= 0.3 is 0 Å². The van der Waals surface area contributed by atoms with E-state index in [0.29, 0.717) is 11.8 Å². The van der Waals surface area contributed by atoms with Gasteiger partial charge in [0.15, 0.2) is 5.82 Å². The van der Waals surface area contributed by atoms with E-state index >= 15 is 0 Å². The Labute approximate surface area is 129 Å². The molecule has 0 aromatic carbocycles. The largest absolute Gasteiger partial charge is 0.390 e. The van der Waals surface area contributed by atoms with Gasteiger partial charge in [0.05, 0.1) is 10.6 Å². The second-order valence-electron chi connectivity index (χ2n) is 5.93. The van der Waals surface area contributed by atoms with E-state index in [0.717, 1.165) is 28.7 Å². The van der Waals surface area contributed by atoms with Crippen molar-refractivity contribution in [3.05, 3.63) is 16.8 Å². The van der Waals surface area contributed by atoms with Crippen LogP contribution < -0.4 is 5.73 Å². The van der Waals surface area contributed by atoms with Crippen molar-refractivity contribution in [1.29, 1.82) is 0 Å². The second-order valence-corrected chi connectivity index (χ2v) is 7.10. The van der Waals surface area contributed by atoms with Crippen LogP contribution in [-0.4, -0.2) is 10.1 Å². The first-order valence-electron chi connectivity index (χ1n) is 7.93. The van der Waals surface area contributed by atoms with E-state index in [1.807, 2.05) is 0 Å². The molecule has 2 aromatic heterocycles.